The first kappa shape index (κ1) is 16.1. The number of rotatable bonds is 5. The molecule has 0 bridgehead atoms. The van der Waals surface area contributed by atoms with Crippen LogP contribution >= 0.6 is 0 Å². The number of nitrogens with zero attached hydrogens (tertiary/aromatic N) is 1. The van der Waals surface area contributed by atoms with E-state index in [2.05, 4.69) is 4.57 Å². The molecule has 4 aromatic rings. The van der Waals surface area contributed by atoms with Crippen molar-refractivity contribution in [3.8, 4) is 11.4 Å². The van der Waals surface area contributed by atoms with Crippen LogP contribution in [0.1, 0.15) is 27.6 Å². The first-order valence-corrected chi connectivity index (χ1v) is 8.47. The van der Waals surface area contributed by atoms with E-state index in [1.54, 1.807) is 12.1 Å². The standard InChI is InChI=1S/C22H17NO3/c1-2-26-18-5-3-4-17(12-18)23-21-8-6-15(13-24)10-19(21)20-11-16(14-25)7-9-22(20)23/h3-14H,2H2,1H3. The number of hydrogen-bond acceptors (Lipinski definition) is 3. The Morgan fingerprint density at radius 2 is 1.46 bits per heavy atom. The molecule has 0 saturated carbocycles. The Labute approximate surface area is 150 Å². The van der Waals surface area contributed by atoms with Crippen molar-refractivity contribution < 1.29 is 14.3 Å². The number of carbonyl (C=O) groups excluding carboxylic acids is 2. The number of aromatic nitrogens is 1. The van der Waals surface area contributed by atoms with E-state index in [0.717, 1.165) is 45.8 Å². The van der Waals surface area contributed by atoms with Gasteiger partial charge in [-0.1, -0.05) is 6.07 Å². The zero-order chi connectivity index (χ0) is 18.1. The molecule has 0 N–H and O–H groups in total. The van der Waals surface area contributed by atoms with Gasteiger partial charge in [0.05, 0.1) is 17.6 Å². The van der Waals surface area contributed by atoms with E-state index in [-0.39, 0.29) is 0 Å². The Balaban J connectivity index is 2.08. The van der Waals surface area contributed by atoms with Crippen LogP contribution in [0.2, 0.25) is 0 Å². The molecule has 0 fully saturated rings. The van der Waals surface area contributed by atoms with Crippen LogP contribution in [0.3, 0.4) is 0 Å². The minimum absolute atomic E-state index is 0.599. The highest BCUT2D eigenvalue weighted by atomic mass is 16.5. The molecule has 0 spiro atoms. The fraction of sp³-hybridized carbons (Fsp3) is 0.0909. The molecule has 128 valence electrons. The van der Waals surface area contributed by atoms with Crippen LogP contribution in [0.5, 0.6) is 5.75 Å². The van der Waals surface area contributed by atoms with Crippen LogP contribution in [-0.4, -0.2) is 23.7 Å². The van der Waals surface area contributed by atoms with Gasteiger partial charge in [0.25, 0.3) is 0 Å². The van der Waals surface area contributed by atoms with Crippen LogP contribution in [0.4, 0.5) is 0 Å². The molecule has 0 saturated heterocycles. The highest BCUT2D eigenvalue weighted by Crippen LogP contribution is 2.33. The molecule has 0 atom stereocenters. The first-order chi connectivity index (χ1) is 12.7. The van der Waals surface area contributed by atoms with Gasteiger partial charge >= 0.3 is 0 Å². The summed E-state index contributed by atoms with van der Waals surface area (Å²) < 4.78 is 7.76. The number of carbonyl (C=O) groups is 2. The third-order valence-electron chi connectivity index (χ3n) is 4.47. The average Bonchev–Trinajstić information content (AvgIpc) is 3.01. The fourth-order valence-corrected chi connectivity index (χ4v) is 3.36. The van der Waals surface area contributed by atoms with Crippen LogP contribution in [0, 0.1) is 0 Å². The number of ether oxygens (including phenoxy) is 1. The summed E-state index contributed by atoms with van der Waals surface area (Å²) in [6.45, 7) is 2.55. The van der Waals surface area contributed by atoms with Gasteiger partial charge in [0, 0.05) is 33.7 Å². The van der Waals surface area contributed by atoms with E-state index in [1.807, 2.05) is 55.5 Å². The number of aldehydes is 2. The highest BCUT2D eigenvalue weighted by molar-refractivity contribution is 6.11. The summed E-state index contributed by atoms with van der Waals surface area (Å²) in [5.74, 6) is 0.800. The number of benzene rings is 3. The summed E-state index contributed by atoms with van der Waals surface area (Å²) in [6, 6.07) is 19.1. The second-order valence-corrected chi connectivity index (χ2v) is 6.05. The van der Waals surface area contributed by atoms with Crippen LogP contribution in [0.15, 0.2) is 60.7 Å². The largest absolute Gasteiger partial charge is 0.494 e. The molecular weight excluding hydrogens is 326 g/mol. The van der Waals surface area contributed by atoms with Gasteiger partial charge in [-0.15, -0.1) is 0 Å². The lowest BCUT2D eigenvalue weighted by Crippen LogP contribution is -1.96. The van der Waals surface area contributed by atoms with Crippen molar-refractivity contribution in [2.45, 2.75) is 6.92 Å². The molecule has 0 aliphatic rings. The van der Waals surface area contributed by atoms with Crippen LogP contribution in [0.25, 0.3) is 27.5 Å². The SMILES string of the molecule is CCOc1cccc(-n2c3ccc(C=O)cc3c3cc(C=O)ccc32)c1. The first-order valence-electron chi connectivity index (χ1n) is 8.47. The second-order valence-electron chi connectivity index (χ2n) is 6.05. The van der Waals surface area contributed by atoms with Gasteiger partial charge in [-0.2, -0.15) is 0 Å². The molecular formula is C22H17NO3. The Morgan fingerprint density at radius 3 is 2.00 bits per heavy atom. The van der Waals surface area contributed by atoms with Crippen LogP contribution < -0.4 is 4.74 Å². The maximum absolute atomic E-state index is 11.2. The molecule has 1 heterocycles. The predicted molar refractivity (Wildman–Crippen MR) is 103 cm³/mol. The normalized spacial score (nSPS) is 11.0. The van der Waals surface area contributed by atoms with E-state index in [1.165, 1.54) is 0 Å². The monoisotopic (exact) mass is 343 g/mol. The summed E-state index contributed by atoms with van der Waals surface area (Å²) in [6.07, 6.45) is 1.67. The lowest BCUT2D eigenvalue weighted by atomic mass is 10.1. The predicted octanol–water partition coefficient (Wildman–Crippen LogP) is 4.81. The van der Waals surface area contributed by atoms with Gasteiger partial charge in [-0.05, 0) is 55.5 Å². The fourth-order valence-electron chi connectivity index (χ4n) is 3.36. The quantitative estimate of drug-likeness (QED) is 0.489. The lowest BCUT2D eigenvalue weighted by Gasteiger charge is -2.10. The molecule has 0 radical (unpaired) electrons. The van der Waals surface area contributed by atoms with Gasteiger partial charge in [0.1, 0.15) is 18.3 Å². The zero-order valence-electron chi connectivity index (χ0n) is 14.3. The van der Waals surface area contributed by atoms with Gasteiger partial charge < -0.3 is 9.30 Å². The van der Waals surface area contributed by atoms with Crippen molar-refractivity contribution in [1.29, 1.82) is 0 Å². The second kappa shape index (κ2) is 6.48. The van der Waals surface area contributed by atoms with Gasteiger partial charge in [-0.25, -0.2) is 0 Å². The van der Waals surface area contributed by atoms with Gasteiger partial charge in [0.2, 0.25) is 0 Å². The maximum Gasteiger partial charge on any atom is 0.150 e. The van der Waals surface area contributed by atoms with E-state index >= 15 is 0 Å². The highest BCUT2D eigenvalue weighted by Gasteiger charge is 2.14. The summed E-state index contributed by atoms with van der Waals surface area (Å²) in [5, 5.41) is 1.88. The molecule has 0 aliphatic carbocycles. The lowest BCUT2D eigenvalue weighted by molar-refractivity contribution is 0.111. The van der Waals surface area contributed by atoms with E-state index in [4.69, 9.17) is 4.74 Å². The van der Waals surface area contributed by atoms with E-state index in [0.29, 0.717) is 17.7 Å². The summed E-state index contributed by atoms with van der Waals surface area (Å²) in [7, 11) is 0. The Kier molecular flexibility index (Phi) is 4.01. The smallest absolute Gasteiger partial charge is 0.150 e. The van der Waals surface area contributed by atoms with Crippen LogP contribution in [-0.2, 0) is 0 Å². The Hall–Kier alpha value is -3.40. The minimum Gasteiger partial charge on any atom is -0.494 e. The Morgan fingerprint density at radius 1 is 0.846 bits per heavy atom. The third kappa shape index (κ3) is 2.56. The molecule has 0 aliphatic heterocycles. The van der Waals surface area contributed by atoms with E-state index < -0.39 is 0 Å². The molecule has 0 amide bonds. The van der Waals surface area contributed by atoms with Gasteiger partial charge in [0.15, 0.2) is 0 Å². The topological polar surface area (TPSA) is 48.3 Å². The zero-order valence-corrected chi connectivity index (χ0v) is 14.3. The van der Waals surface area contributed by atoms with Crippen molar-refractivity contribution in [2.75, 3.05) is 6.61 Å². The summed E-state index contributed by atoms with van der Waals surface area (Å²) in [4.78, 5) is 22.4. The molecule has 1 aromatic heterocycles. The Bertz CT molecular complexity index is 1080. The van der Waals surface area contributed by atoms with Crippen molar-refractivity contribution in [3.63, 3.8) is 0 Å². The average molecular weight is 343 g/mol. The van der Waals surface area contributed by atoms with E-state index in [9.17, 15) is 9.59 Å². The molecule has 4 rings (SSSR count). The van der Waals surface area contributed by atoms with Crippen molar-refractivity contribution in [2.24, 2.45) is 0 Å². The number of hydrogen-bond donors (Lipinski definition) is 0. The third-order valence-corrected chi connectivity index (χ3v) is 4.47. The summed E-state index contributed by atoms with van der Waals surface area (Å²) in [5.41, 5.74) is 4.13. The van der Waals surface area contributed by atoms with Gasteiger partial charge in [-0.3, -0.25) is 9.59 Å². The number of fused-ring (bicyclic) bond motifs is 3. The molecule has 4 nitrogen and oxygen atoms in total. The molecule has 4 heteroatoms. The van der Waals surface area contributed by atoms with Crippen molar-refractivity contribution in [3.05, 3.63) is 71.8 Å². The molecule has 3 aromatic carbocycles. The van der Waals surface area contributed by atoms with Crippen molar-refractivity contribution in [1.82, 2.24) is 4.57 Å². The molecule has 26 heavy (non-hydrogen) atoms. The molecule has 0 unspecified atom stereocenters. The summed E-state index contributed by atoms with van der Waals surface area (Å²) >= 11 is 0. The van der Waals surface area contributed by atoms with Crippen molar-refractivity contribution >= 4 is 34.4 Å². The maximum atomic E-state index is 11.2. The minimum atomic E-state index is 0.599.